The summed E-state index contributed by atoms with van der Waals surface area (Å²) >= 11 is 0. The smallest absolute Gasteiger partial charge is 0.398 e. The maximum Gasteiger partial charge on any atom is 0.398 e. The molecule has 0 radical (unpaired) electrons. The first-order valence-corrected chi connectivity index (χ1v) is 11.7. The Morgan fingerprint density at radius 1 is 0.783 bits per heavy atom. The van der Waals surface area contributed by atoms with Crippen LogP contribution in [0.15, 0.2) is 18.2 Å². The molecule has 23 heavy (non-hydrogen) atoms. The Morgan fingerprint density at radius 3 is 1.91 bits per heavy atom. The fourth-order valence-electron chi connectivity index (χ4n) is 2.98. The van der Waals surface area contributed by atoms with E-state index in [9.17, 15) is 0 Å². The maximum atomic E-state index is 6.42. The van der Waals surface area contributed by atoms with E-state index in [-0.39, 0.29) is 0 Å². The van der Waals surface area contributed by atoms with Crippen LogP contribution >= 0.6 is 0 Å². The van der Waals surface area contributed by atoms with Crippen molar-refractivity contribution >= 4 is 8.56 Å². The quantitative estimate of drug-likeness (QED) is 0.318. The molecule has 3 heteroatoms. The topological polar surface area (TPSA) is 18.5 Å². The van der Waals surface area contributed by atoms with Gasteiger partial charge in [0.25, 0.3) is 0 Å². The van der Waals surface area contributed by atoms with Crippen LogP contribution in [0, 0.1) is 13.8 Å². The highest BCUT2D eigenvalue weighted by molar-refractivity contribution is 6.68. The van der Waals surface area contributed by atoms with Crippen LogP contribution in [0.4, 0.5) is 0 Å². The van der Waals surface area contributed by atoms with E-state index in [0.717, 1.165) is 30.9 Å². The molecule has 132 valence electrons. The summed E-state index contributed by atoms with van der Waals surface area (Å²) in [6.07, 6.45) is 7.80. The average Bonchev–Trinajstić information content (AvgIpc) is 2.52. The van der Waals surface area contributed by atoms with Gasteiger partial charge in [-0.15, -0.1) is 0 Å². The summed E-state index contributed by atoms with van der Waals surface area (Å²) in [6, 6.07) is 8.46. The predicted octanol–water partition coefficient (Wildman–Crippen LogP) is 6.54. The summed E-state index contributed by atoms with van der Waals surface area (Å²) in [4.78, 5) is 0. The largest absolute Gasteiger partial charge is 0.520 e. The van der Waals surface area contributed by atoms with Gasteiger partial charge in [-0.05, 0) is 55.6 Å². The van der Waals surface area contributed by atoms with Gasteiger partial charge < -0.3 is 8.85 Å². The highest BCUT2D eigenvalue weighted by atomic mass is 28.4. The molecule has 1 rings (SSSR count). The van der Waals surface area contributed by atoms with E-state index < -0.39 is 8.56 Å². The van der Waals surface area contributed by atoms with E-state index in [4.69, 9.17) is 8.85 Å². The number of aryl methyl sites for hydroxylation is 2. The van der Waals surface area contributed by atoms with Gasteiger partial charge >= 0.3 is 8.56 Å². The molecule has 2 nitrogen and oxygen atoms in total. The van der Waals surface area contributed by atoms with Gasteiger partial charge in [0.1, 0.15) is 5.75 Å². The summed E-state index contributed by atoms with van der Waals surface area (Å²) in [5.74, 6) is 0.987. The minimum Gasteiger partial charge on any atom is -0.520 e. The van der Waals surface area contributed by atoms with E-state index in [0.29, 0.717) is 0 Å². The van der Waals surface area contributed by atoms with Crippen LogP contribution in [0.2, 0.25) is 12.1 Å². The van der Waals surface area contributed by atoms with Crippen molar-refractivity contribution in [3.63, 3.8) is 0 Å². The second kappa shape index (κ2) is 10.9. The lowest BCUT2D eigenvalue weighted by atomic mass is 10.1. The molecule has 1 aromatic carbocycles. The van der Waals surface area contributed by atoms with Crippen LogP contribution in [0.1, 0.15) is 70.4 Å². The van der Waals surface area contributed by atoms with Crippen molar-refractivity contribution in [2.45, 2.75) is 85.2 Å². The molecule has 0 amide bonds. The number of rotatable bonds is 12. The number of hydrogen-bond donors (Lipinski definition) is 0. The third kappa shape index (κ3) is 7.54. The molecule has 0 aromatic heterocycles. The van der Waals surface area contributed by atoms with Crippen LogP contribution in [0.25, 0.3) is 0 Å². The van der Waals surface area contributed by atoms with E-state index >= 15 is 0 Å². The Morgan fingerprint density at radius 2 is 1.35 bits per heavy atom. The van der Waals surface area contributed by atoms with Crippen molar-refractivity contribution in [1.82, 2.24) is 0 Å². The van der Waals surface area contributed by atoms with Gasteiger partial charge in [-0.1, -0.05) is 58.9 Å². The standard InChI is InChI=1S/C20H36O2Si/c1-6-9-10-11-12-13-14-21-23(7-2,8-3)22-20-16-18(4)15-19(5)17-20/h15-17H,6-14H2,1-5H3. The number of hydrogen-bond acceptors (Lipinski definition) is 2. The van der Waals surface area contributed by atoms with Crippen molar-refractivity contribution < 1.29 is 8.85 Å². The fraction of sp³-hybridized carbons (Fsp3) is 0.700. The monoisotopic (exact) mass is 336 g/mol. The Hall–Kier alpha value is -0.803. The molecule has 1 aromatic rings. The van der Waals surface area contributed by atoms with Crippen LogP contribution in [-0.4, -0.2) is 15.2 Å². The molecule has 0 aliphatic heterocycles. The molecule has 0 N–H and O–H groups in total. The lowest BCUT2D eigenvalue weighted by Crippen LogP contribution is -2.44. The molecule has 0 saturated carbocycles. The third-order valence-corrected chi connectivity index (χ3v) is 7.93. The first kappa shape index (κ1) is 20.2. The normalized spacial score (nSPS) is 11.7. The second-order valence-corrected chi connectivity index (χ2v) is 10.4. The van der Waals surface area contributed by atoms with Crippen LogP contribution < -0.4 is 4.43 Å². The zero-order valence-corrected chi connectivity index (χ0v) is 16.9. The van der Waals surface area contributed by atoms with Crippen LogP contribution in [0.5, 0.6) is 5.75 Å². The van der Waals surface area contributed by atoms with Gasteiger partial charge in [0.2, 0.25) is 0 Å². The second-order valence-electron chi connectivity index (χ2n) is 6.66. The van der Waals surface area contributed by atoms with Gasteiger partial charge in [0.05, 0.1) is 0 Å². The first-order valence-electron chi connectivity index (χ1n) is 9.46. The van der Waals surface area contributed by atoms with Crippen molar-refractivity contribution in [3.8, 4) is 5.75 Å². The molecule has 0 aliphatic rings. The number of benzene rings is 1. The van der Waals surface area contributed by atoms with Gasteiger partial charge in [-0.25, -0.2) is 0 Å². The van der Waals surface area contributed by atoms with E-state index in [1.54, 1.807) is 0 Å². The first-order chi connectivity index (χ1) is 11.0. The van der Waals surface area contributed by atoms with Crippen LogP contribution in [-0.2, 0) is 4.43 Å². The van der Waals surface area contributed by atoms with Gasteiger partial charge in [-0.2, -0.15) is 0 Å². The lowest BCUT2D eigenvalue weighted by Gasteiger charge is -2.29. The highest BCUT2D eigenvalue weighted by Crippen LogP contribution is 2.25. The number of unbranched alkanes of at least 4 members (excludes halogenated alkanes) is 5. The fourth-order valence-corrected chi connectivity index (χ4v) is 5.29. The lowest BCUT2D eigenvalue weighted by molar-refractivity contribution is 0.230. The summed E-state index contributed by atoms with van der Waals surface area (Å²) in [6.45, 7) is 11.8. The Bertz CT molecular complexity index is 421. The van der Waals surface area contributed by atoms with Crippen molar-refractivity contribution in [2.24, 2.45) is 0 Å². The Balaban J connectivity index is 2.50. The molecule has 0 atom stereocenters. The molecule has 0 spiro atoms. The Kier molecular flexibility index (Phi) is 9.57. The van der Waals surface area contributed by atoms with Crippen molar-refractivity contribution in [1.29, 1.82) is 0 Å². The summed E-state index contributed by atoms with van der Waals surface area (Å²) in [5.41, 5.74) is 2.51. The molecular formula is C20H36O2Si. The SMILES string of the molecule is CCCCCCCCO[Si](CC)(CC)Oc1cc(C)cc(C)c1. The molecule has 0 aliphatic carbocycles. The van der Waals surface area contributed by atoms with Crippen molar-refractivity contribution in [3.05, 3.63) is 29.3 Å². The van der Waals surface area contributed by atoms with E-state index in [1.165, 1.54) is 43.2 Å². The molecule has 0 heterocycles. The summed E-state index contributed by atoms with van der Waals surface area (Å²) in [7, 11) is -2.11. The van der Waals surface area contributed by atoms with E-state index in [1.807, 2.05) is 0 Å². The maximum absolute atomic E-state index is 6.42. The van der Waals surface area contributed by atoms with Gasteiger partial charge in [-0.3, -0.25) is 0 Å². The third-order valence-electron chi connectivity index (χ3n) is 4.44. The molecule has 0 saturated heterocycles. The minimum absolute atomic E-state index is 0.852. The zero-order chi connectivity index (χ0) is 17.1. The zero-order valence-electron chi connectivity index (χ0n) is 15.9. The summed E-state index contributed by atoms with van der Waals surface area (Å²) in [5, 5.41) is 0. The van der Waals surface area contributed by atoms with Crippen LogP contribution in [0.3, 0.4) is 0 Å². The molecule has 0 bridgehead atoms. The average molecular weight is 337 g/mol. The van der Waals surface area contributed by atoms with Gasteiger partial charge in [0, 0.05) is 6.61 Å². The predicted molar refractivity (Wildman–Crippen MR) is 103 cm³/mol. The summed E-state index contributed by atoms with van der Waals surface area (Å²) < 4.78 is 12.8. The highest BCUT2D eigenvalue weighted by Gasteiger charge is 2.35. The van der Waals surface area contributed by atoms with Gasteiger partial charge in [0.15, 0.2) is 0 Å². The molecular weight excluding hydrogens is 300 g/mol. The molecule has 0 fully saturated rings. The minimum atomic E-state index is -2.11. The Labute approximate surface area is 144 Å². The molecule has 0 unspecified atom stereocenters. The van der Waals surface area contributed by atoms with Crippen molar-refractivity contribution in [2.75, 3.05) is 6.61 Å². The van der Waals surface area contributed by atoms with E-state index in [2.05, 4.69) is 52.8 Å².